The Kier molecular flexibility index (Phi) is 6.12. The van der Waals surface area contributed by atoms with Crippen molar-refractivity contribution in [3.05, 3.63) is 24.0 Å². The van der Waals surface area contributed by atoms with Crippen LogP contribution in [0.3, 0.4) is 0 Å². The van der Waals surface area contributed by atoms with Crippen molar-refractivity contribution in [1.29, 1.82) is 0 Å². The molecule has 7 heteroatoms. The fraction of sp³-hybridized carbons (Fsp3) is 0.619. The van der Waals surface area contributed by atoms with Crippen LogP contribution in [0.1, 0.15) is 44.3 Å². The van der Waals surface area contributed by atoms with Gasteiger partial charge < -0.3 is 19.9 Å². The van der Waals surface area contributed by atoms with E-state index in [-0.39, 0.29) is 6.03 Å². The molecule has 0 unspecified atom stereocenters. The van der Waals surface area contributed by atoms with E-state index in [1.165, 1.54) is 19.3 Å². The van der Waals surface area contributed by atoms with Gasteiger partial charge in [-0.05, 0) is 37.5 Å². The number of hydrogen-bond donors (Lipinski definition) is 2. The maximum absolute atomic E-state index is 12.3. The summed E-state index contributed by atoms with van der Waals surface area (Å²) in [7, 11) is 1.75. The molecule has 2 aliphatic rings. The highest BCUT2D eigenvalue weighted by Crippen LogP contribution is 2.24. The summed E-state index contributed by atoms with van der Waals surface area (Å²) < 4.78 is 7.46. The normalized spacial score (nSPS) is 18.2. The number of ether oxygens (including phenoxy) is 1. The van der Waals surface area contributed by atoms with Gasteiger partial charge in [-0.3, -0.25) is 4.90 Å². The van der Waals surface area contributed by atoms with Gasteiger partial charge in [0, 0.05) is 45.1 Å². The Balaban J connectivity index is 1.40. The molecular formula is C21H31N5O2. The summed E-state index contributed by atoms with van der Waals surface area (Å²) in [6, 6.07) is 6.22. The number of aromatic nitrogens is 2. The summed E-state index contributed by atoms with van der Waals surface area (Å²) in [5.74, 6) is 1.10. The smallest absolute Gasteiger partial charge is 0.319 e. The first kappa shape index (κ1) is 19.2. The molecule has 2 heterocycles. The lowest BCUT2D eigenvalue weighted by Crippen LogP contribution is -2.39. The van der Waals surface area contributed by atoms with Crippen molar-refractivity contribution in [3.8, 4) is 0 Å². The molecule has 0 spiro atoms. The van der Waals surface area contributed by atoms with Crippen molar-refractivity contribution in [3.63, 3.8) is 0 Å². The molecule has 0 bridgehead atoms. The molecule has 0 radical (unpaired) electrons. The molecule has 152 valence electrons. The summed E-state index contributed by atoms with van der Waals surface area (Å²) in [4.78, 5) is 19.6. The molecule has 28 heavy (non-hydrogen) atoms. The molecule has 1 aliphatic carbocycles. The van der Waals surface area contributed by atoms with Crippen LogP contribution in [0.15, 0.2) is 18.2 Å². The van der Waals surface area contributed by atoms with E-state index in [4.69, 9.17) is 9.72 Å². The van der Waals surface area contributed by atoms with E-state index in [9.17, 15) is 4.79 Å². The fourth-order valence-corrected chi connectivity index (χ4v) is 4.37. The molecule has 4 rings (SSSR count). The molecule has 2 aromatic rings. The number of nitrogens with zero attached hydrogens (tertiary/aromatic N) is 3. The third-order valence-corrected chi connectivity index (χ3v) is 5.85. The maximum Gasteiger partial charge on any atom is 0.319 e. The molecule has 1 saturated carbocycles. The van der Waals surface area contributed by atoms with E-state index in [1.54, 1.807) is 7.11 Å². The fourth-order valence-electron chi connectivity index (χ4n) is 4.37. The number of carbonyl (C=O) groups excluding carboxylic acids is 1. The van der Waals surface area contributed by atoms with Crippen molar-refractivity contribution in [1.82, 2.24) is 19.8 Å². The van der Waals surface area contributed by atoms with Crippen LogP contribution >= 0.6 is 0 Å². The number of benzene rings is 1. The second-order valence-electron chi connectivity index (χ2n) is 7.94. The number of nitrogens with one attached hydrogen (secondary N) is 2. The minimum atomic E-state index is -0.112. The number of amides is 2. The SMILES string of the molecule is COCCCN1CCn2c(nc3cc(NC(=O)NC4CCCCC4)ccc32)C1. The molecule has 0 atom stereocenters. The van der Waals surface area contributed by atoms with Crippen LogP contribution in [-0.4, -0.2) is 53.3 Å². The Morgan fingerprint density at radius 1 is 1.25 bits per heavy atom. The van der Waals surface area contributed by atoms with Gasteiger partial charge >= 0.3 is 6.03 Å². The zero-order valence-corrected chi connectivity index (χ0v) is 16.7. The molecule has 2 amide bonds. The number of carbonyl (C=O) groups is 1. The van der Waals surface area contributed by atoms with Crippen LogP contribution in [0.4, 0.5) is 10.5 Å². The number of rotatable bonds is 6. The van der Waals surface area contributed by atoms with Crippen molar-refractivity contribution in [2.75, 3.05) is 32.1 Å². The van der Waals surface area contributed by atoms with Crippen LogP contribution in [-0.2, 0) is 17.8 Å². The molecule has 2 N–H and O–H groups in total. The molecule has 1 fully saturated rings. The first-order chi connectivity index (χ1) is 13.7. The number of fused-ring (bicyclic) bond motifs is 3. The van der Waals surface area contributed by atoms with Crippen molar-refractivity contribution in [2.24, 2.45) is 0 Å². The van der Waals surface area contributed by atoms with E-state index >= 15 is 0 Å². The number of hydrogen-bond acceptors (Lipinski definition) is 4. The molecule has 1 aliphatic heterocycles. The average Bonchev–Trinajstić information content (AvgIpc) is 3.05. The Hall–Kier alpha value is -2.12. The number of anilines is 1. The standard InChI is InChI=1S/C21H31N5O2/c1-28-13-5-10-25-11-12-26-19-9-8-17(14-18(19)24-20(26)15-25)23-21(27)22-16-6-3-2-4-7-16/h8-9,14,16H,2-7,10-13,15H2,1H3,(H2,22,23,27). The van der Waals surface area contributed by atoms with Crippen LogP contribution in [0.5, 0.6) is 0 Å². The van der Waals surface area contributed by atoms with Crippen LogP contribution < -0.4 is 10.6 Å². The van der Waals surface area contributed by atoms with Gasteiger partial charge in [0.2, 0.25) is 0 Å². The summed E-state index contributed by atoms with van der Waals surface area (Å²) in [6.07, 6.45) is 6.91. The monoisotopic (exact) mass is 385 g/mol. The zero-order chi connectivity index (χ0) is 19.3. The van der Waals surface area contributed by atoms with Gasteiger partial charge in [0.25, 0.3) is 0 Å². The van der Waals surface area contributed by atoms with E-state index in [2.05, 4.69) is 26.2 Å². The quantitative estimate of drug-likeness (QED) is 0.748. The van der Waals surface area contributed by atoms with Gasteiger partial charge in [0.05, 0.1) is 17.6 Å². The number of imidazole rings is 1. The summed E-state index contributed by atoms with van der Waals surface area (Å²) in [6.45, 7) is 4.68. The van der Waals surface area contributed by atoms with E-state index in [1.807, 2.05) is 12.1 Å². The zero-order valence-electron chi connectivity index (χ0n) is 16.7. The Labute approximate surface area is 166 Å². The van der Waals surface area contributed by atoms with Crippen molar-refractivity contribution in [2.45, 2.75) is 57.7 Å². The van der Waals surface area contributed by atoms with Gasteiger partial charge in [-0.1, -0.05) is 19.3 Å². The number of urea groups is 1. The third kappa shape index (κ3) is 4.47. The van der Waals surface area contributed by atoms with E-state index in [0.29, 0.717) is 6.04 Å². The first-order valence-electron chi connectivity index (χ1n) is 10.5. The third-order valence-electron chi connectivity index (χ3n) is 5.85. The van der Waals surface area contributed by atoms with Crippen LogP contribution in [0, 0.1) is 0 Å². The predicted molar refractivity (Wildman–Crippen MR) is 111 cm³/mol. The summed E-state index contributed by atoms with van der Waals surface area (Å²) in [5, 5.41) is 6.08. The average molecular weight is 386 g/mol. The van der Waals surface area contributed by atoms with Crippen LogP contribution in [0.2, 0.25) is 0 Å². The van der Waals surface area contributed by atoms with Crippen LogP contribution in [0.25, 0.3) is 11.0 Å². The second-order valence-corrected chi connectivity index (χ2v) is 7.94. The van der Waals surface area contributed by atoms with Gasteiger partial charge in [-0.15, -0.1) is 0 Å². The first-order valence-corrected chi connectivity index (χ1v) is 10.5. The second kappa shape index (κ2) is 8.92. The Morgan fingerprint density at radius 3 is 2.93 bits per heavy atom. The molecular weight excluding hydrogens is 354 g/mol. The minimum Gasteiger partial charge on any atom is -0.385 e. The van der Waals surface area contributed by atoms with E-state index in [0.717, 1.165) is 74.6 Å². The molecule has 1 aromatic heterocycles. The van der Waals surface area contributed by atoms with Crippen molar-refractivity contribution >= 4 is 22.8 Å². The van der Waals surface area contributed by atoms with Gasteiger partial charge in [0.1, 0.15) is 5.82 Å². The van der Waals surface area contributed by atoms with E-state index < -0.39 is 0 Å². The summed E-state index contributed by atoms with van der Waals surface area (Å²) in [5.41, 5.74) is 2.89. The van der Waals surface area contributed by atoms with Gasteiger partial charge in [-0.25, -0.2) is 9.78 Å². The highest BCUT2D eigenvalue weighted by molar-refractivity contribution is 5.92. The minimum absolute atomic E-state index is 0.112. The lowest BCUT2D eigenvalue weighted by molar-refractivity contribution is 0.158. The van der Waals surface area contributed by atoms with Crippen molar-refractivity contribution < 1.29 is 9.53 Å². The lowest BCUT2D eigenvalue weighted by atomic mass is 9.96. The topological polar surface area (TPSA) is 71.4 Å². The largest absolute Gasteiger partial charge is 0.385 e. The predicted octanol–water partition coefficient (Wildman–Crippen LogP) is 3.34. The molecule has 0 saturated heterocycles. The lowest BCUT2D eigenvalue weighted by Gasteiger charge is -2.27. The highest BCUT2D eigenvalue weighted by atomic mass is 16.5. The van der Waals surface area contributed by atoms with Gasteiger partial charge in [-0.2, -0.15) is 0 Å². The Morgan fingerprint density at radius 2 is 2.11 bits per heavy atom. The Bertz CT molecular complexity index is 812. The molecule has 1 aromatic carbocycles. The van der Waals surface area contributed by atoms with Gasteiger partial charge in [0.15, 0.2) is 0 Å². The molecule has 7 nitrogen and oxygen atoms in total. The number of methoxy groups -OCH3 is 1. The summed E-state index contributed by atoms with van der Waals surface area (Å²) >= 11 is 0. The maximum atomic E-state index is 12.3. The highest BCUT2D eigenvalue weighted by Gasteiger charge is 2.20.